The van der Waals surface area contributed by atoms with E-state index in [1.807, 2.05) is 0 Å². The van der Waals surface area contributed by atoms with Crippen LogP contribution < -0.4 is 26.2 Å². The van der Waals surface area contributed by atoms with Crippen LogP contribution in [0, 0.1) is 0 Å². The third-order valence-corrected chi connectivity index (χ3v) is 28.9. The van der Waals surface area contributed by atoms with Crippen molar-refractivity contribution in [1.82, 2.24) is 9.13 Å². The highest BCUT2D eigenvalue weighted by atomic mass is 15.2. The van der Waals surface area contributed by atoms with Crippen LogP contribution in [0.4, 0.5) is 34.1 Å². The molecule has 0 saturated heterocycles. The molecule has 4 heterocycles. The number of para-hydroxylation sites is 4. The first kappa shape index (κ1) is 70.2. The molecule has 0 radical (unpaired) electrons. The lowest BCUT2D eigenvalue weighted by atomic mass is 9.33. The van der Waals surface area contributed by atoms with Gasteiger partial charge < -0.3 is 18.9 Å². The van der Waals surface area contributed by atoms with Gasteiger partial charge in [0.05, 0.1) is 44.3 Å². The molecule has 4 nitrogen and oxygen atoms in total. The standard InChI is InChI=1S/C120H79BN4/c1-118(2,3)78-66-113-115-114(67-78)125(117-83(76-38-12-6-13-39-76)52-33-53-84(117)77-40-14-7-15-41-77)112-69-80(123-108-61-31-23-49-92(108)96-71-94-90-47-21-29-59-102(90)120(104(94)73-110(96)123)99-56-26-18-44-87(99)88-45-19-27-57-100(88)120)63-65-106(112)121(115)105-64-62-79(68-111(105)124(113)116-81(74-34-8-4-9-35-74)50-32-51-82(116)75-36-10-5-11-37-75)122-107-60-30-22-48-91(107)95-70-93-89-46-20-28-58-101(89)119(103(93)72-109(95)122)97-54-24-16-42-85(97)86-43-17-25-55-98(86)119/h4-73H,1-3H3. The first-order valence-electron chi connectivity index (χ1n) is 44.0. The van der Waals surface area contributed by atoms with Crippen molar-refractivity contribution < 1.29 is 0 Å². The summed E-state index contributed by atoms with van der Waals surface area (Å²) in [4.78, 5) is 5.47. The average molecular weight is 1590 g/mol. The van der Waals surface area contributed by atoms with Gasteiger partial charge in [-0.1, -0.05) is 373 Å². The van der Waals surface area contributed by atoms with Crippen molar-refractivity contribution in [2.45, 2.75) is 37.0 Å². The number of benzene rings is 19. The number of anilines is 6. The van der Waals surface area contributed by atoms with Crippen LogP contribution in [0.3, 0.4) is 0 Å². The smallest absolute Gasteiger partial charge is 0.252 e. The van der Waals surface area contributed by atoms with Gasteiger partial charge in [-0.3, -0.25) is 0 Å². The maximum atomic E-state index is 2.74. The van der Waals surface area contributed by atoms with Gasteiger partial charge in [0.1, 0.15) is 0 Å². The number of aromatic nitrogens is 2. The van der Waals surface area contributed by atoms with Crippen LogP contribution in [0.15, 0.2) is 425 Å². The zero-order chi connectivity index (χ0) is 82.3. The Labute approximate surface area is 726 Å². The number of fused-ring (bicyclic) bond motifs is 30. The summed E-state index contributed by atoms with van der Waals surface area (Å²) in [5, 5.41) is 4.87. The first-order valence-corrected chi connectivity index (χ1v) is 44.0. The van der Waals surface area contributed by atoms with Crippen molar-refractivity contribution >= 4 is 101 Å². The molecule has 0 N–H and O–H groups in total. The van der Waals surface area contributed by atoms with Gasteiger partial charge in [-0.25, -0.2) is 0 Å². The highest BCUT2D eigenvalue weighted by Crippen LogP contribution is 2.67. The SMILES string of the molecule is CC(C)(C)c1cc2c3c(c1)N(c1c(-c4ccccc4)cccc1-c1ccccc1)c1cc(-n4c5ccccc5c5cc6c(cc54)C4(c5ccccc5-c5ccccc54)c4ccccc4-6)ccc1B3c1ccc(-n3c4ccccc4c4cc5c(cc43)C3(c4ccccc4-c4ccccc43)c3ccccc3-5)cc1N2c1c(-c2ccccc2)cccc1-c1ccccc1. The van der Waals surface area contributed by atoms with E-state index in [2.05, 4.69) is 464 Å². The normalized spacial score (nSPS) is 14.0. The highest BCUT2D eigenvalue weighted by Gasteiger charge is 2.55. The molecule has 0 unspecified atom stereocenters. The van der Waals surface area contributed by atoms with Crippen molar-refractivity contribution in [3.05, 3.63) is 475 Å². The topological polar surface area (TPSA) is 16.3 Å². The molecular weight excluding hydrogens is 1510 g/mol. The Balaban J connectivity index is 0.773. The fourth-order valence-electron chi connectivity index (χ4n) is 23.8. The Kier molecular flexibility index (Phi) is 14.6. The molecule has 6 aliphatic rings. The third-order valence-electron chi connectivity index (χ3n) is 28.9. The largest absolute Gasteiger partial charge is 0.310 e. The molecule has 582 valence electrons. The van der Waals surface area contributed by atoms with E-state index in [4.69, 9.17) is 0 Å². The Morgan fingerprint density at radius 3 is 0.832 bits per heavy atom. The second kappa shape index (κ2) is 26.0. The third kappa shape index (κ3) is 9.46. The molecule has 21 aromatic rings. The lowest BCUT2D eigenvalue weighted by molar-refractivity contribution is 0.590. The van der Waals surface area contributed by atoms with Gasteiger partial charge in [0.2, 0.25) is 0 Å². The van der Waals surface area contributed by atoms with Crippen LogP contribution in [-0.4, -0.2) is 15.8 Å². The van der Waals surface area contributed by atoms with Crippen LogP contribution in [0.25, 0.3) is 144 Å². The van der Waals surface area contributed by atoms with E-state index >= 15 is 0 Å². The predicted octanol–water partition coefficient (Wildman–Crippen LogP) is 28.6. The van der Waals surface area contributed by atoms with Gasteiger partial charge in [0, 0.05) is 77.9 Å². The van der Waals surface area contributed by atoms with Crippen LogP contribution in [0.1, 0.15) is 70.8 Å². The first-order chi connectivity index (χ1) is 61.7. The Morgan fingerprint density at radius 2 is 0.504 bits per heavy atom. The van der Waals surface area contributed by atoms with Gasteiger partial charge in [0.25, 0.3) is 6.71 Å². The predicted molar refractivity (Wildman–Crippen MR) is 522 cm³/mol. The molecule has 0 saturated carbocycles. The molecule has 2 aliphatic heterocycles. The maximum Gasteiger partial charge on any atom is 0.252 e. The van der Waals surface area contributed by atoms with E-state index in [9.17, 15) is 0 Å². The van der Waals surface area contributed by atoms with E-state index in [1.54, 1.807) is 0 Å². The van der Waals surface area contributed by atoms with E-state index in [-0.39, 0.29) is 12.1 Å². The molecule has 19 aromatic carbocycles. The van der Waals surface area contributed by atoms with E-state index in [1.165, 1.54) is 144 Å². The van der Waals surface area contributed by atoms with Crippen molar-refractivity contribution in [1.29, 1.82) is 0 Å². The molecule has 125 heavy (non-hydrogen) atoms. The van der Waals surface area contributed by atoms with E-state index in [0.717, 1.165) is 101 Å². The zero-order valence-electron chi connectivity index (χ0n) is 69.3. The summed E-state index contributed by atoms with van der Waals surface area (Å²) >= 11 is 0. The summed E-state index contributed by atoms with van der Waals surface area (Å²) in [5.41, 5.74) is 47.0. The number of hydrogen-bond acceptors (Lipinski definition) is 2. The van der Waals surface area contributed by atoms with Crippen molar-refractivity contribution in [3.8, 4) is 100 Å². The summed E-state index contributed by atoms with van der Waals surface area (Å²) in [6, 6.07) is 163. The van der Waals surface area contributed by atoms with E-state index in [0.29, 0.717) is 0 Å². The number of rotatable bonds is 8. The maximum absolute atomic E-state index is 2.74. The fraction of sp³-hybridized carbons (Fsp3) is 0.0500. The van der Waals surface area contributed by atoms with Gasteiger partial charge in [-0.2, -0.15) is 0 Å². The van der Waals surface area contributed by atoms with Crippen LogP contribution >= 0.6 is 0 Å². The summed E-state index contributed by atoms with van der Waals surface area (Å²) in [6.07, 6.45) is 0. The van der Waals surface area contributed by atoms with Crippen LogP contribution in [-0.2, 0) is 16.2 Å². The minimum atomic E-state index is -0.555. The second-order valence-corrected chi connectivity index (χ2v) is 35.9. The lowest BCUT2D eigenvalue weighted by Crippen LogP contribution is -2.61. The molecule has 27 rings (SSSR count). The second-order valence-electron chi connectivity index (χ2n) is 35.9. The van der Waals surface area contributed by atoms with E-state index < -0.39 is 10.8 Å². The molecule has 0 bridgehead atoms. The Hall–Kier alpha value is -15.6. The molecule has 5 heteroatoms. The molecular formula is C120H79BN4. The van der Waals surface area contributed by atoms with Gasteiger partial charge in [-0.15, -0.1) is 0 Å². The molecule has 0 fully saturated rings. The molecule has 2 spiro atoms. The quantitative estimate of drug-likeness (QED) is 0.141. The van der Waals surface area contributed by atoms with Gasteiger partial charge >= 0.3 is 0 Å². The van der Waals surface area contributed by atoms with Crippen molar-refractivity contribution in [3.63, 3.8) is 0 Å². The Morgan fingerprint density at radius 1 is 0.216 bits per heavy atom. The van der Waals surface area contributed by atoms with Crippen LogP contribution in [0.2, 0.25) is 0 Å². The average Bonchev–Trinajstić information content (AvgIpc) is 1.52. The minimum Gasteiger partial charge on any atom is -0.310 e. The zero-order valence-corrected chi connectivity index (χ0v) is 69.3. The molecule has 4 aliphatic carbocycles. The molecule has 0 amide bonds. The van der Waals surface area contributed by atoms with Gasteiger partial charge in [-0.05, 0) is 211 Å². The summed E-state index contributed by atoms with van der Waals surface area (Å²) in [7, 11) is 0. The lowest BCUT2D eigenvalue weighted by Gasteiger charge is -2.46. The number of hydrogen-bond donors (Lipinski definition) is 0. The minimum absolute atomic E-state index is 0.299. The van der Waals surface area contributed by atoms with Crippen molar-refractivity contribution in [2.75, 3.05) is 9.80 Å². The number of nitrogens with zero attached hydrogens (tertiary/aromatic N) is 4. The molecule has 2 aromatic heterocycles. The fourth-order valence-corrected chi connectivity index (χ4v) is 23.8. The van der Waals surface area contributed by atoms with Crippen molar-refractivity contribution in [2.24, 2.45) is 0 Å². The highest BCUT2D eigenvalue weighted by molar-refractivity contribution is 7.00. The summed E-state index contributed by atoms with van der Waals surface area (Å²) in [6.45, 7) is 6.93. The monoisotopic (exact) mass is 1590 g/mol. The van der Waals surface area contributed by atoms with Crippen LogP contribution in [0.5, 0.6) is 0 Å². The summed E-state index contributed by atoms with van der Waals surface area (Å²) < 4.78 is 5.22. The Bertz CT molecular complexity index is 7550. The summed E-state index contributed by atoms with van der Waals surface area (Å²) in [5.74, 6) is 0. The van der Waals surface area contributed by atoms with Gasteiger partial charge in [0.15, 0.2) is 0 Å². The molecule has 0 atom stereocenters.